The highest BCUT2D eigenvalue weighted by atomic mass is 16.8. The van der Waals surface area contributed by atoms with E-state index >= 15 is 0 Å². The Kier molecular flexibility index (Phi) is 21.5. The van der Waals surface area contributed by atoms with Gasteiger partial charge in [-0.05, 0) is 91.9 Å². The van der Waals surface area contributed by atoms with Crippen molar-refractivity contribution >= 4 is 5.78 Å². The number of methoxy groups -OCH3 is 5. The Labute approximate surface area is 511 Å². The monoisotopic (exact) mass is 1250 g/mol. The normalized spacial score (nSPS) is 53.0. The Balaban J connectivity index is 0.685. The molecule has 6 heterocycles. The Morgan fingerprint density at radius 3 is 1.33 bits per heavy atom. The number of carbonyl (C=O) groups is 1. The topological polar surface area (TPSA) is 316 Å². The zero-order valence-electron chi connectivity index (χ0n) is 53.0. The lowest BCUT2D eigenvalue weighted by molar-refractivity contribution is -0.360. The van der Waals surface area contributed by atoms with Gasteiger partial charge in [0.2, 0.25) is 0 Å². The third-order valence-electron chi connectivity index (χ3n) is 22.3. The van der Waals surface area contributed by atoms with Crippen molar-refractivity contribution in [1.82, 2.24) is 0 Å². The van der Waals surface area contributed by atoms with Crippen LogP contribution in [0.1, 0.15) is 132 Å². The van der Waals surface area contributed by atoms with Gasteiger partial charge < -0.3 is 116 Å². The van der Waals surface area contributed by atoms with Crippen molar-refractivity contribution in [2.45, 2.75) is 310 Å². The maximum atomic E-state index is 12.8. The van der Waals surface area contributed by atoms with E-state index in [1.165, 1.54) is 14.0 Å². The minimum atomic E-state index is -1.60. The van der Waals surface area contributed by atoms with Crippen LogP contribution >= 0.6 is 0 Å². The van der Waals surface area contributed by atoms with Crippen molar-refractivity contribution in [3.05, 3.63) is 11.6 Å². The Hall–Kier alpha value is -1.55. The maximum absolute atomic E-state index is 12.8. The van der Waals surface area contributed by atoms with Gasteiger partial charge >= 0.3 is 0 Å². The molecule has 4 aliphatic carbocycles. The highest BCUT2D eigenvalue weighted by molar-refractivity contribution is 5.80. The molecule has 6 saturated heterocycles. The molecule has 9 fully saturated rings. The Bertz CT molecular complexity index is 2320. The van der Waals surface area contributed by atoms with Gasteiger partial charge in [0, 0.05) is 84.9 Å². The van der Waals surface area contributed by atoms with Crippen LogP contribution in [-0.4, -0.2) is 261 Å². The van der Waals surface area contributed by atoms with E-state index in [1.807, 2.05) is 27.7 Å². The molecule has 33 unspecified atom stereocenters. The second-order valence-electron chi connectivity index (χ2n) is 27.0. The molecule has 0 bridgehead atoms. The predicted molar refractivity (Wildman–Crippen MR) is 302 cm³/mol. The molecule has 87 heavy (non-hydrogen) atoms. The first kappa shape index (κ1) is 68.3. The molecule has 10 aliphatic rings. The van der Waals surface area contributed by atoms with E-state index in [0.717, 1.165) is 5.57 Å². The van der Waals surface area contributed by atoms with Gasteiger partial charge in [0.25, 0.3) is 0 Å². The molecule has 25 heteroatoms. The summed E-state index contributed by atoms with van der Waals surface area (Å²) in [4.78, 5) is 12.8. The first-order chi connectivity index (χ1) is 41.3. The number of hydrogen-bond donors (Lipinski definition) is 7. The van der Waals surface area contributed by atoms with Gasteiger partial charge in [-0.15, -0.1) is 0 Å². The fourth-order valence-electron chi connectivity index (χ4n) is 17.2. The van der Waals surface area contributed by atoms with Gasteiger partial charge in [-0.1, -0.05) is 25.5 Å². The number of ether oxygens (including phenoxy) is 17. The second kappa shape index (κ2) is 27.4. The smallest absolute Gasteiger partial charge is 0.187 e. The molecule has 25 nitrogen and oxygen atoms in total. The number of Topliss-reactive ketones (excluding diaryl/α,β-unsaturated/α-hetero) is 1. The fourth-order valence-corrected chi connectivity index (χ4v) is 17.2. The first-order valence-corrected chi connectivity index (χ1v) is 31.8. The summed E-state index contributed by atoms with van der Waals surface area (Å²) in [5.41, 5.74) is -3.54. The van der Waals surface area contributed by atoms with Crippen LogP contribution in [0.4, 0.5) is 0 Å². The zero-order chi connectivity index (χ0) is 62.8. The molecule has 500 valence electrons. The third kappa shape index (κ3) is 12.7. The van der Waals surface area contributed by atoms with Crippen LogP contribution in [0.25, 0.3) is 0 Å². The summed E-state index contributed by atoms with van der Waals surface area (Å²) in [5.74, 6) is -0.974. The van der Waals surface area contributed by atoms with Crippen LogP contribution in [-0.2, 0) is 85.3 Å². The minimum absolute atomic E-state index is 0.0634. The molecular weight excluding hydrogens is 1140 g/mol. The van der Waals surface area contributed by atoms with Crippen molar-refractivity contribution in [2.24, 2.45) is 22.7 Å². The summed E-state index contributed by atoms with van der Waals surface area (Å²) >= 11 is 0. The second-order valence-corrected chi connectivity index (χ2v) is 27.0. The lowest BCUT2D eigenvalue weighted by Gasteiger charge is -2.66. The van der Waals surface area contributed by atoms with Crippen molar-refractivity contribution in [1.29, 1.82) is 0 Å². The van der Waals surface area contributed by atoms with E-state index < -0.39 is 194 Å². The number of ketones is 1. The summed E-state index contributed by atoms with van der Waals surface area (Å²) in [6, 6.07) is 0. The van der Waals surface area contributed by atoms with Gasteiger partial charge in [-0.3, -0.25) is 4.79 Å². The van der Waals surface area contributed by atoms with E-state index in [-0.39, 0.29) is 37.3 Å². The molecule has 6 aliphatic heterocycles. The summed E-state index contributed by atoms with van der Waals surface area (Å²) in [7, 11) is 8.03. The highest BCUT2D eigenvalue weighted by Crippen LogP contribution is 2.69. The van der Waals surface area contributed by atoms with E-state index in [2.05, 4.69) is 13.0 Å². The Morgan fingerprint density at radius 2 is 0.943 bits per heavy atom. The quantitative estimate of drug-likeness (QED) is 0.0912. The van der Waals surface area contributed by atoms with Crippen LogP contribution in [0, 0.1) is 22.7 Å². The van der Waals surface area contributed by atoms with Gasteiger partial charge in [0.15, 0.2) is 37.7 Å². The molecular formula is C62H102O25. The number of aliphatic hydroxyl groups is 7. The van der Waals surface area contributed by atoms with Gasteiger partial charge in [-0.25, -0.2) is 0 Å². The first-order valence-electron chi connectivity index (χ1n) is 31.8. The van der Waals surface area contributed by atoms with Crippen LogP contribution in [0.2, 0.25) is 0 Å². The van der Waals surface area contributed by atoms with E-state index in [1.54, 1.807) is 42.3 Å². The highest BCUT2D eigenvalue weighted by Gasteiger charge is 2.76. The van der Waals surface area contributed by atoms with E-state index in [9.17, 15) is 40.5 Å². The van der Waals surface area contributed by atoms with Crippen LogP contribution < -0.4 is 0 Å². The third-order valence-corrected chi connectivity index (χ3v) is 22.3. The average molecular weight is 1250 g/mol. The van der Waals surface area contributed by atoms with Crippen molar-refractivity contribution in [3.8, 4) is 0 Å². The van der Waals surface area contributed by atoms with E-state index in [0.29, 0.717) is 57.8 Å². The molecule has 0 amide bonds. The summed E-state index contributed by atoms with van der Waals surface area (Å²) in [5, 5.41) is 77.7. The molecule has 0 aromatic heterocycles. The van der Waals surface area contributed by atoms with Crippen LogP contribution in [0.15, 0.2) is 11.6 Å². The van der Waals surface area contributed by atoms with Gasteiger partial charge in [0.1, 0.15) is 71.9 Å². The largest absolute Gasteiger partial charge is 0.394 e. The number of carbonyl (C=O) groups excluding carboxylic acids is 1. The summed E-state index contributed by atoms with van der Waals surface area (Å²) < 4.78 is 107. The predicted octanol–water partition coefficient (Wildman–Crippen LogP) is 2.22. The molecule has 10 rings (SSSR count). The molecule has 3 saturated carbocycles. The van der Waals surface area contributed by atoms with Crippen molar-refractivity contribution in [2.75, 3.05) is 42.2 Å². The van der Waals surface area contributed by atoms with Crippen LogP contribution in [0.5, 0.6) is 0 Å². The summed E-state index contributed by atoms with van der Waals surface area (Å²) in [6.07, 6.45) is -12.6. The SMILES string of the molecule is COC1CC(OC2CCC3(C)C(=CCC4(O)C3CC(O)C3(C)C(C(C)=O)CCC43O)C2)OC(C)C1OC1CC(OC)C(OC2CC(OC)C(OC3CC(OC)C(OC4CC(OC)C(OC5OC(CO)C(O)C(O)C5O)C(C)O4)C(C)O3)C(C)O2)C(C)O1. The molecule has 7 N–H and O–H groups in total. The zero-order valence-corrected chi connectivity index (χ0v) is 53.0. The molecule has 0 radical (unpaired) electrons. The lowest BCUT2D eigenvalue weighted by Crippen LogP contribution is -2.75. The van der Waals surface area contributed by atoms with E-state index in [4.69, 9.17) is 80.5 Å². The average Bonchev–Trinajstić information content (AvgIpc) is 1.66. The molecule has 0 aromatic carbocycles. The van der Waals surface area contributed by atoms with Gasteiger partial charge in [-0.2, -0.15) is 0 Å². The maximum Gasteiger partial charge on any atom is 0.187 e. The molecule has 33 atom stereocenters. The Morgan fingerprint density at radius 1 is 0.540 bits per heavy atom. The van der Waals surface area contributed by atoms with Crippen molar-refractivity contribution < 1.29 is 121 Å². The number of fused-ring (bicyclic) bond motifs is 5. The standard InChI is InChI=1S/C62H102O25/c1-28(64)36-16-19-62(70)60(36,8)44(65)26-43-59(7)17-15-35(20-34(59)14-18-61(43,62)69)81-45-21-37(71-9)53(29(2)76-45)83-46-22-38(72-10)54(30(3)77-46)84-47-23-39(73-11)55(31(4)78-47)85-48-24-40(74-12)56(32(5)79-48)86-49-25-41(75-13)57(33(6)80-49)87-58-52(68)51(67)50(66)42(27-63)82-58/h14,29-33,35-58,63,65-70H,15-27H2,1-13H3. The number of aliphatic hydroxyl groups excluding tert-OH is 5. The number of hydrogen-bond acceptors (Lipinski definition) is 25. The number of rotatable bonds is 19. The summed E-state index contributed by atoms with van der Waals surface area (Å²) in [6.45, 7) is 14.3. The van der Waals surface area contributed by atoms with Gasteiger partial charge in [0.05, 0.1) is 79.9 Å². The fraction of sp³-hybridized carbons (Fsp3) is 0.952. The lowest BCUT2D eigenvalue weighted by atomic mass is 9.43. The molecule has 0 spiro atoms. The van der Waals surface area contributed by atoms with Crippen LogP contribution in [0.3, 0.4) is 0 Å². The molecule has 0 aromatic rings. The van der Waals surface area contributed by atoms with Crippen molar-refractivity contribution in [3.63, 3.8) is 0 Å². The minimum Gasteiger partial charge on any atom is -0.394 e.